The third-order valence-electron chi connectivity index (χ3n) is 4.77. The molecule has 0 bridgehead atoms. The van der Waals surface area contributed by atoms with Gasteiger partial charge in [0.05, 0.1) is 0 Å². The average molecular weight is 316 g/mol. The lowest BCUT2D eigenvalue weighted by Crippen LogP contribution is -2.41. The Hall–Kier alpha value is -1.84. The third-order valence-corrected chi connectivity index (χ3v) is 4.77. The van der Waals surface area contributed by atoms with Gasteiger partial charge in [0.2, 0.25) is 11.8 Å². The summed E-state index contributed by atoms with van der Waals surface area (Å²) < 4.78 is 0. The van der Waals surface area contributed by atoms with Crippen molar-refractivity contribution >= 4 is 17.5 Å². The van der Waals surface area contributed by atoms with Gasteiger partial charge in [0.15, 0.2) is 0 Å². The molecule has 2 rings (SSSR count). The van der Waals surface area contributed by atoms with Gasteiger partial charge >= 0.3 is 0 Å². The van der Waals surface area contributed by atoms with E-state index in [0.29, 0.717) is 12.3 Å². The summed E-state index contributed by atoms with van der Waals surface area (Å²) in [6.07, 6.45) is 3.27. The molecular formula is C19H28N2O2. The van der Waals surface area contributed by atoms with Crippen LogP contribution in [-0.2, 0) is 9.59 Å². The molecule has 4 nitrogen and oxygen atoms in total. The molecule has 0 saturated carbocycles. The minimum absolute atomic E-state index is 0.0700. The van der Waals surface area contributed by atoms with Gasteiger partial charge in [0, 0.05) is 31.1 Å². The maximum atomic E-state index is 12.2. The molecule has 4 heteroatoms. The van der Waals surface area contributed by atoms with Crippen LogP contribution in [0.2, 0.25) is 0 Å². The lowest BCUT2D eigenvalue weighted by molar-refractivity contribution is -0.136. The zero-order chi connectivity index (χ0) is 16.8. The first-order chi connectivity index (χ1) is 11.0. The number of aryl methyl sites for hydroxylation is 1. The molecule has 0 aliphatic carbocycles. The Labute approximate surface area is 139 Å². The predicted molar refractivity (Wildman–Crippen MR) is 93.2 cm³/mol. The zero-order valence-electron chi connectivity index (χ0n) is 14.5. The van der Waals surface area contributed by atoms with Gasteiger partial charge in [0.1, 0.15) is 0 Å². The molecule has 1 fully saturated rings. The summed E-state index contributed by atoms with van der Waals surface area (Å²) in [6.45, 7) is 7.63. The van der Waals surface area contributed by atoms with E-state index in [1.807, 2.05) is 49.9 Å². The lowest BCUT2D eigenvalue weighted by Gasteiger charge is -2.33. The van der Waals surface area contributed by atoms with E-state index in [4.69, 9.17) is 0 Å². The van der Waals surface area contributed by atoms with E-state index < -0.39 is 0 Å². The number of anilines is 1. The highest BCUT2D eigenvalue weighted by molar-refractivity contribution is 5.90. The molecule has 1 aliphatic heterocycles. The number of likely N-dealkylation sites (tertiary alicyclic amines) is 1. The van der Waals surface area contributed by atoms with Crippen LogP contribution < -0.4 is 5.32 Å². The molecule has 23 heavy (non-hydrogen) atoms. The number of hydrogen-bond acceptors (Lipinski definition) is 2. The van der Waals surface area contributed by atoms with E-state index >= 15 is 0 Å². The number of carbonyl (C=O) groups is 2. The second-order valence-corrected chi connectivity index (χ2v) is 6.70. The van der Waals surface area contributed by atoms with Gasteiger partial charge in [-0.2, -0.15) is 0 Å². The number of nitrogens with one attached hydrogen (secondary N) is 1. The van der Waals surface area contributed by atoms with Gasteiger partial charge < -0.3 is 10.2 Å². The summed E-state index contributed by atoms with van der Waals surface area (Å²) in [5, 5.41) is 2.96. The van der Waals surface area contributed by atoms with Crippen molar-refractivity contribution in [3.05, 3.63) is 29.8 Å². The first kappa shape index (κ1) is 17.5. The van der Waals surface area contributed by atoms with Crippen LogP contribution in [0.25, 0.3) is 0 Å². The second-order valence-electron chi connectivity index (χ2n) is 6.70. The van der Waals surface area contributed by atoms with Crippen LogP contribution in [0.4, 0.5) is 5.69 Å². The highest BCUT2D eigenvalue weighted by Crippen LogP contribution is 2.23. The first-order valence-corrected chi connectivity index (χ1v) is 8.65. The molecule has 0 aromatic heterocycles. The monoisotopic (exact) mass is 316 g/mol. The third kappa shape index (κ3) is 5.08. The minimum Gasteiger partial charge on any atom is -0.342 e. The molecule has 1 saturated heterocycles. The van der Waals surface area contributed by atoms with E-state index in [-0.39, 0.29) is 17.7 Å². The van der Waals surface area contributed by atoms with Crippen LogP contribution in [0.3, 0.4) is 0 Å². The van der Waals surface area contributed by atoms with Crippen molar-refractivity contribution in [1.29, 1.82) is 0 Å². The molecule has 1 aliphatic rings. The zero-order valence-corrected chi connectivity index (χ0v) is 14.5. The Kier molecular flexibility index (Phi) is 6.20. The second kappa shape index (κ2) is 8.14. The van der Waals surface area contributed by atoms with Crippen LogP contribution >= 0.6 is 0 Å². The molecule has 0 unspecified atom stereocenters. The molecular weight excluding hydrogens is 288 g/mol. The standard InChI is InChI=1S/C19H28N2O2/c1-4-15(3)19(23)21-11-9-16(10-12-21)13-18(22)20-17-7-5-14(2)6-8-17/h5-8,15-16H,4,9-13H2,1-3H3,(H,20,22)/t15-/m0/s1. The molecule has 1 aromatic carbocycles. The number of carbonyl (C=O) groups excluding carboxylic acids is 2. The van der Waals surface area contributed by atoms with Crippen molar-refractivity contribution in [2.24, 2.45) is 11.8 Å². The molecule has 1 N–H and O–H groups in total. The molecule has 2 amide bonds. The summed E-state index contributed by atoms with van der Waals surface area (Å²) >= 11 is 0. The molecule has 1 atom stereocenters. The van der Waals surface area contributed by atoms with Crippen LogP contribution in [0.15, 0.2) is 24.3 Å². The van der Waals surface area contributed by atoms with Gasteiger partial charge in [-0.3, -0.25) is 9.59 Å². The van der Waals surface area contributed by atoms with Crippen molar-refractivity contribution in [2.45, 2.75) is 46.5 Å². The van der Waals surface area contributed by atoms with Crippen molar-refractivity contribution < 1.29 is 9.59 Å². The summed E-state index contributed by atoms with van der Waals surface area (Å²) in [4.78, 5) is 26.3. The number of nitrogens with zero attached hydrogens (tertiary/aromatic N) is 1. The maximum Gasteiger partial charge on any atom is 0.225 e. The summed E-state index contributed by atoms with van der Waals surface area (Å²) in [6, 6.07) is 7.85. The number of amides is 2. The van der Waals surface area contributed by atoms with Gasteiger partial charge in [0.25, 0.3) is 0 Å². The van der Waals surface area contributed by atoms with Crippen LogP contribution in [0, 0.1) is 18.8 Å². The Morgan fingerprint density at radius 2 is 1.83 bits per heavy atom. The minimum atomic E-state index is 0.0700. The molecule has 1 aromatic rings. The van der Waals surface area contributed by atoms with Crippen molar-refractivity contribution in [3.8, 4) is 0 Å². The van der Waals surface area contributed by atoms with Crippen molar-refractivity contribution in [1.82, 2.24) is 4.90 Å². The molecule has 1 heterocycles. The van der Waals surface area contributed by atoms with Gasteiger partial charge in [-0.15, -0.1) is 0 Å². The quantitative estimate of drug-likeness (QED) is 0.902. The summed E-state index contributed by atoms with van der Waals surface area (Å²) in [5.74, 6) is 0.813. The van der Waals surface area contributed by atoms with Crippen molar-refractivity contribution in [3.63, 3.8) is 0 Å². The van der Waals surface area contributed by atoms with E-state index in [9.17, 15) is 9.59 Å². The fourth-order valence-corrected chi connectivity index (χ4v) is 2.95. The number of piperidine rings is 1. The van der Waals surface area contributed by atoms with Gasteiger partial charge in [-0.05, 0) is 44.2 Å². The Morgan fingerprint density at radius 1 is 1.22 bits per heavy atom. The number of rotatable bonds is 5. The highest BCUT2D eigenvalue weighted by atomic mass is 16.2. The van der Waals surface area contributed by atoms with Crippen LogP contribution in [-0.4, -0.2) is 29.8 Å². The Morgan fingerprint density at radius 3 is 2.39 bits per heavy atom. The SMILES string of the molecule is CC[C@H](C)C(=O)N1CCC(CC(=O)Nc2ccc(C)cc2)CC1. The molecule has 126 valence electrons. The smallest absolute Gasteiger partial charge is 0.225 e. The van der Waals surface area contributed by atoms with Crippen LogP contribution in [0.5, 0.6) is 0 Å². The van der Waals surface area contributed by atoms with Crippen molar-refractivity contribution in [2.75, 3.05) is 18.4 Å². The van der Waals surface area contributed by atoms with E-state index in [1.54, 1.807) is 0 Å². The summed E-state index contributed by atoms with van der Waals surface area (Å²) in [7, 11) is 0. The van der Waals surface area contributed by atoms with Gasteiger partial charge in [-0.25, -0.2) is 0 Å². The van der Waals surface area contributed by atoms with Gasteiger partial charge in [-0.1, -0.05) is 31.5 Å². The van der Waals surface area contributed by atoms with Crippen LogP contribution in [0.1, 0.15) is 45.1 Å². The summed E-state index contributed by atoms with van der Waals surface area (Å²) in [5.41, 5.74) is 2.03. The molecule has 0 radical (unpaired) electrons. The Bertz CT molecular complexity index is 531. The highest BCUT2D eigenvalue weighted by Gasteiger charge is 2.26. The van der Waals surface area contributed by atoms with E-state index in [0.717, 1.165) is 38.0 Å². The number of hydrogen-bond donors (Lipinski definition) is 1. The topological polar surface area (TPSA) is 49.4 Å². The largest absolute Gasteiger partial charge is 0.342 e. The lowest BCUT2D eigenvalue weighted by atomic mass is 9.92. The van der Waals surface area contributed by atoms with E-state index in [2.05, 4.69) is 5.32 Å². The average Bonchev–Trinajstić information content (AvgIpc) is 2.56. The molecule has 0 spiro atoms. The Balaban J connectivity index is 1.76. The normalized spacial score (nSPS) is 16.9. The van der Waals surface area contributed by atoms with E-state index in [1.165, 1.54) is 5.56 Å². The first-order valence-electron chi connectivity index (χ1n) is 8.65. The number of benzene rings is 1. The fourth-order valence-electron chi connectivity index (χ4n) is 2.95. The fraction of sp³-hybridized carbons (Fsp3) is 0.579. The predicted octanol–water partition coefficient (Wildman–Crippen LogP) is 3.61. The maximum absolute atomic E-state index is 12.2.